The lowest BCUT2D eigenvalue weighted by atomic mass is 9.92. The van der Waals surface area contributed by atoms with Crippen LogP contribution in [0.15, 0.2) is 83.5 Å². The van der Waals surface area contributed by atoms with Gasteiger partial charge in [0.15, 0.2) is 11.6 Å². The molecule has 11 heteroatoms. The molecular formula is C35H42N8O3. The number of rotatable bonds is 5. The summed E-state index contributed by atoms with van der Waals surface area (Å²) in [5, 5.41) is 14.4. The molecule has 0 saturated carbocycles. The smallest absolute Gasteiger partial charge is 0.245 e. The number of carbonyl (C=O) groups excluding carboxylic acids is 1. The second-order valence-electron chi connectivity index (χ2n) is 11.0. The van der Waals surface area contributed by atoms with Gasteiger partial charge >= 0.3 is 0 Å². The Kier molecular flexibility index (Phi) is 10.8. The van der Waals surface area contributed by atoms with Gasteiger partial charge in [0.1, 0.15) is 0 Å². The third-order valence-corrected chi connectivity index (χ3v) is 7.67. The Bertz CT molecular complexity index is 1720. The first-order valence-electron chi connectivity index (χ1n) is 15.8. The minimum Gasteiger partial charge on any atom is -0.382 e. The molecule has 240 valence electrons. The normalized spacial score (nSPS) is 16.9. The van der Waals surface area contributed by atoms with Crippen LogP contribution in [0.1, 0.15) is 51.3 Å². The number of hydrogen-bond donors (Lipinski definition) is 2. The molecule has 5 aromatic rings. The zero-order valence-electron chi connectivity index (χ0n) is 27.1. The number of nitrogens with zero attached hydrogens (tertiary/aromatic N) is 6. The van der Waals surface area contributed by atoms with Crippen LogP contribution in [0.2, 0.25) is 0 Å². The van der Waals surface area contributed by atoms with E-state index in [1.807, 2.05) is 86.3 Å². The van der Waals surface area contributed by atoms with Crippen LogP contribution in [0, 0.1) is 6.92 Å². The molecule has 0 aliphatic carbocycles. The summed E-state index contributed by atoms with van der Waals surface area (Å²) in [6, 6.07) is 26.7. The summed E-state index contributed by atoms with van der Waals surface area (Å²) in [7, 11) is 0. The molecule has 7 rings (SSSR count). The average molecular weight is 623 g/mol. The fraction of sp³-hybridized carbons (Fsp3) is 0.343. The SMILES string of the molecule is CC.CC(=O)N(c1ccccc1)C1CC(C)Nc2ccccc21.Cc1cccc(Nc2nc3nonc3nc2N2CCOCC2)c1. The predicted molar refractivity (Wildman–Crippen MR) is 183 cm³/mol. The lowest BCUT2D eigenvalue weighted by Crippen LogP contribution is -2.39. The monoisotopic (exact) mass is 622 g/mol. The summed E-state index contributed by atoms with van der Waals surface area (Å²) in [6.45, 7) is 12.7. The summed E-state index contributed by atoms with van der Waals surface area (Å²) in [5.74, 6) is 1.45. The molecule has 4 heterocycles. The molecule has 2 aliphatic heterocycles. The van der Waals surface area contributed by atoms with Crippen molar-refractivity contribution in [2.75, 3.05) is 46.7 Å². The molecule has 2 aromatic heterocycles. The summed E-state index contributed by atoms with van der Waals surface area (Å²) in [6.07, 6.45) is 0.908. The van der Waals surface area contributed by atoms with Gasteiger partial charge in [-0.3, -0.25) is 4.79 Å². The van der Waals surface area contributed by atoms with Crippen LogP contribution in [-0.2, 0) is 9.53 Å². The van der Waals surface area contributed by atoms with E-state index in [0.717, 1.165) is 42.4 Å². The van der Waals surface area contributed by atoms with Crippen LogP contribution in [-0.4, -0.2) is 58.5 Å². The molecule has 2 atom stereocenters. The number of aromatic nitrogens is 4. The summed E-state index contributed by atoms with van der Waals surface area (Å²) >= 11 is 0. The van der Waals surface area contributed by atoms with Gasteiger partial charge in [-0.2, -0.15) is 0 Å². The van der Waals surface area contributed by atoms with Crippen molar-refractivity contribution in [1.29, 1.82) is 0 Å². The van der Waals surface area contributed by atoms with E-state index in [-0.39, 0.29) is 11.9 Å². The van der Waals surface area contributed by atoms with Crippen molar-refractivity contribution in [2.45, 2.75) is 53.1 Å². The van der Waals surface area contributed by atoms with Crippen molar-refractivity contribution in [3.8, 4) is 0 Å². The van der Waals surface area contributed by atoms with Gasteiger partial charge < -0.3 is 25.2 Å². The number of aryl methyl sites for hydroxylation is 1. The summed E-state index contributed by atoms with van der Waals surface area (Å²) in [5.41, 5.74) is 6.18. The van der Waals surface area contributed by atoms with E-state index in [2.05, 4.69) is 60.9 Å². The number of morpholine rings is 1. The van der Waals surface area contributed by atoms with Crippen molar-refractivity contribution in [3.63, 3.8) is 0 Å². The van der Waals surface area contributed by atoms with Gasteiger partial charge in [-0.15, -0.1) is 0 Å². The number of nitrogens with one attached hydrogen (secondary N) is 2. The molecule has 46 heavy (non-hydrogen) atoms. The van der Waals surface area contributed by atoms with Crippen LogP contribution in [0.4, 0.5) is 28.7 Å². The first-order chi connectivity index (χ1) is 22.5. The first kappa shape index (κ1) is 32.4. The predicted octanol–water partition coefficient (Wildman–Crippen LogP) is 6.91. The average Bonchev–Trinajstić information content (AvgIpc) is 3.54. The number of fused-ring (bicyclic) bond motifs is 2. The van der Waals surface area contributed by atoms with Crippen molar-refractivity contribution < 1.29 is 14.2 Å². The Balaban J connectivity index is 0.000000173. The minimum absolute atomic E-state index is 0.0788. The molecule has 1 saturated heterocycles. The maximum atomic E-state index is 12.3. The molecule has 1 fully saturated rings. The van der Waals surface area contributed by atoms with E-state index in [0.29, 0.717) is 36.4 Å². The Morgan fingerprint density at radius 1 is 0.935 bits per heavy atom. The fourth-order valence-electron chi connectivity index (χ4n) is 5.69. The first-order valence-corrected chi connectivity index (χ1v) is 15.8. The van der Waals surface area contributed by atoms with Crippen LogP contribution >= 0.6 is 0 Å². The number of ether oxygens (including phenoxy) is 1. The lowest BCUT2D eigenvalue weighted by Gasteiger charge is -2.38. The number of amides is 1. The van der Waals surface area contributed by atoms with Crippen LogP contribution in [0.25, 0.3) is 11.3 Å². The molecule has 1 amide bonds. The van der Waals surface area contributed by atoms with E-state index in [1.165, 1.54) is 11.1 Å². The van der Waals surface area contributed by atoms with Gasteiger partial charge in [0.25, 0.3) is 0 Å². The van der Waals surface area contributed by atoms with Crippen molar-refractivity contribution >= 4 is 45.9 Å². The van der Waals surface area contributed by atoms with Gasteiger partial charge in [0, 0.05) is 43.1 Å². The molecule has 2 N–H and O–H groups in total. The Morgan fingerprint density at radius 3 is 2.35 bits per heavy atom. The van der Waals surface area contributed by atoms with Crippen LogP contribution < -0.4 is 20.4 Å². The van der Waals surface area contributed by atoms with Crippen molar-refractivity contribution in [1.82, 2.24) is 20.3 Å². The van der Waals surface area contributed by atoms with Gasteiger partial charge in [0.2, 0.25) is 17.2 Å². The topological polar surface area (TPSA) is 122 Å². The van der Waals surface area contributed by atoms with Crippen molar-refractivity contribution in [2.24, 2.45) is 0 Å². The maximum absolute atomic E-state index is 12.3. The van der Waals surface area contributed by atoms with E-state index < -0.39 is 0 Å². The third kappa shape index (κ3) is 7.60. The molecular weight excluding hydrogens is 580 g/mol. The minimum atomic E-state index is 0.0788. The van der Waals surface area contributed by atoms with Crippen molar-refractivity contribution in [3.05, 3.63) is 90.0 Å². The standard InChI is InChI=1S/C18H20N2O.C15H16N6O2.C2H6/c1-13-12-18(16-10-6-7-11-17(16)19-13)20(14(2)21)15-8-4-3-5-9-15;1-10-3-2-4-11(9-10)16-14-15(21-5-7-22-8-6-21)18-13-12(17-14)19-23-20-13;1-2/h3-11,13,18-19H,12H2,1-2H3;2-4,9H,5-8H2,1H3,(H,16,17,19);1-2H3. The summed E-state index contributed by atoms with van der Waals surface area (Å²) in [4.78, 5) is 25.4. The van der Waals surface area contributed by atoms with E-state index in [9.17, 15) is 4.79 Å². The lowest BCUT2D eigenvalue weighted by molar-refractivity contribution is -0.117. The van der Waals surface area contributed by atoms with E-state index in [1.54, 1.807) is 6.92 Å². The molecule has 3 aromatic carbocycles. The van der Waals surface area contributed by atoms with Gasteiger partial charge in [0.05, 0.1) is 19.3 Å². The zero-order valence-corrected chi connectivity index (χ0v) is 27.1. The molecule has 0 bridgehead atoms. The summed E-state index contributed by atoms with van der Waals surface area (Å²) < 4.78 is 10.1. The Hall–Kier alpha value is -5.03. The Morgan fingerprint density at radius 2 is 1.63 bits per heavy atom. The molecule has 0 spiro atoms. The quantitative estimate of drug-likeness (QED) is 0.214. The van der Waals surface area contributed by atoms with Crippen LogP contribution in [0.3, 0.4) is 0 Å². The molecule has 2 unspecified atom stereocenters. The highest BCUT2D eigenvalue weighted by Crippen LogP contribution is 2.38. The highest BCUT2D eigenvalue weighted by molar-refractivity contribution is 5.92. The maximum Gasteiger partial charge on any atom is 0.245 e. The second-order valence-corrected chi connectivity index (χ2v) is 11.0. The second kappa shape index (κ2) is 15.3. The molecule has 11 nitrogen and oxygen atoms in total. The number of benzene rings is 3. The van der Waals surface area contributed by atoms with Gasteiger partial charge in [-0.1, -0.05) is 62.4 Å². The largest absolute Gasteiger partial charge is 0.382 e. The number of anilines is 5. The highest BCUT2D eigenvalue weighted by atomic mass is 16.6. The van der Waals surface area contributed by atoms with Crippen LogP contribution in [0.5, 0.6) is 0 Å². The molecule has 0 radical (unpaired) electrons. The van der Waals surface area contributed by atoms with Gasteiger partial charge in [-0.05, 0) is 72.0 Å². The zero-order chi connectivity index (χ0) is 32.5. The molecule has 2 aliphatic rings. The van der Waals surface area contributed by atoms with Gasteiger partial charge in [-0.25, -0.2) is 14.6 Å². The highest BCUT2D eigenvalue weighted by Gasteiger charge is 2.31. The number of para-hydroxylation sites is 2. The fourth-order valence-corrected chi connectivity index (χ4v) is 5.69. The Labute approximate surface area is 269 Å². The van der Waals surface area contributed by atoms with E-state index >= 15 is 0 Å². The number of carbonyl (C=O) groups is 1. The number of hydrogen-bond acceptors (Lipinski definition) is 10. The third-order valence-electron chi connectivity index (χ3n) is 7.67. The van der Waals surface area contributed by atoms with E-state index in [4.69, 9.17) is 9.37 Å².